The van der Waals surface area contributed by atoms with Crippen molar-refractivity contribution in [2.75, 3.05) is 0 Å². The predicted molar refractivity (Wildman–Crippen MR) is 120 cm³/mol. The maximum Gasteiger partial charge on any atom is 0.216 e. The first-order valence-electron chi connectivity index (χ1n) is 9.99. The van der Waals surface area contributed by atoms with Gasteiger partial charge in [-0.15, -0.1) is 0 Å². The van der Waals surface area contributed by atoms with Gasteiger partial charge in [-0.3, -0.25) is 0 Å². The Morgan fingerprint density at radius 2 is 1.70 bits per heavy atom. The quantitative estimate of drug-likeness (QED) is 0.336. The van der Waals surface area contributed by atoms with Crippen LogP contribution in [0.2, 0.25) is 0 Å². The fourth-order valence-corrected chi connectivity index (χ4v) is 4.25. The lowest BCUT2D eigenvalue weighted by molar-refractivity contribution is -0.660. The average Bonchev–Trinajstić information content (AvgIpc) is 3.14. The fraction of sp³-hybridized carbons (Fsp3) is 0.111. The van der Waals surface area contributed by atoms with Gasteiger partial charge in [0.1, 0.15) is 18.7 Å². The Labute approximate surface area is 175 Å². The van der Waals surface area contributed by atoms with Gasteiger partial charge in [0.25, 0.3) is 0 Å². The molecule has 3 heteroatoms. The van der Waals surface area contributed by atoms with Crippen LogP contribution in [0.15, 0.2) is 77.3 Å². The predicted octanol–water partition coefficient (Wildman–Crippen LogP) is 6.23. The number of aryl methyl sites for hydroxylation is 3. The summed E-state index contributed by atoms with van der Waals surface area (Å²) >= 11 is 0. The van der Waals surface area contributed by atoms with E-state index in [-0.39, 0.29) is 0 Å². The third-order valence-corrected chi connectivity index (χ3v) is 5.76. The number of nitrogens with zero attached hydrogens (tertiary/aromatic N) is 2. The van der Waals surface area contributed by atoms with Crippen LogP contribution in [0.25, 0.3) is 44.3 Å². The second kappa shape index (κ2) is 6.86. The molecule has 0 spiro atoms. The maximum atomic E-state index is 9.65. The van der Waals surface area contributed by atoms with E-state index in [1.165, 1.54) is 5.56 Å². The first-order valence-corrected chi connectivity index (χ1v) is 9.99. The molecular weight excluding hydrogens is 368 g/mol. The lowest BCUT2D eigenvalue weighted by Gasteiger charge is -2.11. The highest BCUT2D eigenvalue weighted by Gasteiger charge is 2.24. The molecule has 0 bridgehead atoms. The molecule has 0 saturated heterocycles. The second-order valence-corrected chi connectivity index (χ2v) is 7.78. The molecule has 0 radical (unpaired) electrons. The number of aromatic nitrogens is 1. The van der Waals surface area contributed by atoms with E-state index in [1.54, 1.807) is 0 Å². The number of para-hydroxylation sites is 1. The lowest BCUT2D eigenvalue weighted by atomic mass is 9.92. The summed E-state index contributed by atoms with van der Waals surface area (Å²) in [6.07, 6.45) is 2.04. The summed E-state index contributed by atoms with van der Waals surface area (Å²) in [6.45, 7) is 4.22. The van der Waals surface area contributed by atoms with Crippen LogP contribution in [0.1, 0.15) is 16.7 Å². The summed E-state index contributed by atoms with van der Waals surface area (Å²) in [5.74, 6) is 0. The van der Waals surface area contributed by atoms with Crippen molar-refractivity contribution in [2.24, 2.45) is 7.05 Å². The smallest absolute Gasteiger partial charge is 0.216 e. The number of hydrogen-bond donors (Lipinski definition) is 0. The van der Waals surface area contributed by atoms with Crippen molar-refractivity contribution in [3.8, 4) is 28.5 Å². The number of fused-ring (bicyclic) bond motifs is 3. The van der Waals surface area contributed by atoms with Gasteiger partial charge in [-0.25, -0.2) is 4.57 Å². The minimum absolute atomic E-state index is 0.555. The minimum atomic E-state index is 0.555. The van der Waals surface area contributed by atoms with E-state index in [4.69, 9.17) is 4.42 Å². The van der Waals surface area contributed by atoms with Crippen molar-refractivity contribution in [3.05, 3.63) is 89.6 Å². The topological polar surface area (TPSA) is 40.8 Å². The minimum Gasteiger partial charge on any atom is -0.454 e. The van der Waals surface area contributed by atoms with Gasteiger partial charge in [0.05, 0.1) is 11.1 Å². The van der Waals surface area contributed by atoms with Crippen LogP contribution in [0.3, 0.4) is 0 Å². The van der Waals surface area contributed by atoms with Crippen LogP contribution in [0, 0.1) is 25.2 Å². The standard InChI is InChI=1S/C27H21N2O/c1-17-10-12-19(13-11-17)22-15-18(2)24(23-9-4-5-14-29(23)3)27-25(22)21-8-6-7-20(16-28)26(21)30-27/h4-15H,1-3H3/q+1. The van der Waals surface area contributed by atoms with Crippen LogP contribution >= 0.6 is 0 Å². The van der Waals surface area contributed by atoms with Crippen LogP contribution in [-0.4, -0.2) is 0 Å². The molecule has 3 aromatic carbocycles. The molecular formula is C27H21N2O+. The van der Waals surface area contributed by atoms with E-state index >= 15 is 0 Å². The molecule has 5 rings (SSSR count). The summed E-state index contributed by atoms with van der Waals surface area (Å²) in [5.41, 5.74) is 8.79. The first-order chi connectivity index (χ1) is 14.6. The zero-order valence-corrected chi connectivity index (χ0v) is 17.2. The van der Waals surface area contributed by atoms with Gasteiger partial charge < -0.3 is 4.42 Å². The molecule has 0 N–H and O–H groups in total. The lowest BCUT2D eigenvalue weighted by Crippen LogP contribution is -2.30. The van der Waals surface area contributed by atoms with Gasteiger partial charge >= 0.3 is 0 Å². The molecule has 5 aromatic rings. The highest BCUT2D eigenvalue weighted by Crippen LogP contribution is 2.43. The van der Waals surface area contributed by atoms with Gasteiger partial charge in [-0.2, -0.15) is 5.26 Å². The zero-order valence-electron chi connectivity index (χ0n) is 17.2. The van der Waals surface area contributed by atoms with E-state index in [1.807, 2.05) is 43.6 Å². The number of furan rings is 1. The molecule has 2 aromatic heterocycles. The Morgan fingerprint density at radius 3 is 2.43 bits per heavy atom. The second-order valence-electron chi connectivity index (χ2n) is 7.78. The zero-order chi connectivity index (χ0) is 20.8. The highest BCUT2D eigenvalue weighted by atomic mass is 16.3. The number of nitriles is 1. The number of hydrogen-bond acceptors (Lipinski definition) is 2. The van der Waals surface area contributed by atoms with Gasteiger partial charge in [0.2, 0.25) is 5.69 Å². The molecule has 0 unspecified atom stereocenters. The molecule has 3 nitrogen and oxygen atoms in total. The molecule has 0 atom stereocenters. The normalized spacial score (nSPS) is 11.1. The Bertz CT molecular complexity index is 1470. The molecule has 0 fully saturated rings. The monoisotopic (exact) mass is 389 g/mol. The Morgan fingerprint density at radius 1 is 0.900 bits per heavy atom. The van der Waals surface area contributed by atoms with E-state index in [0.717, 1.165) is 44.3 Å². The van der Waals surface area contributed by atoms with Crippen LogP contribution in [0.4, 0.5) is 0 Å². The van der Waals surface area contributed by atoms with E-state index in [9.17, 15) is 5.26 Å². The Balaban J connectivity index is 1.98. The van der Waals surface area contributed by atoms with Crippen molar-refractivity contribution >= 4 is 21.9 Å². The molecule has 30 heavy (non-hydrogen) atoms. The Hall–Kier alpha value is -3.90. The average molecular weight is 389 g/mol. The Kier molecular flexibility index (Phi) is 4.15. The van der Waals surface area contributed by atoms with Crippen molar-refractivity contribution in [3.63, 3.8) is 0 Å². The van der Waals surface area contributed by atoms with E-state index in [2.05, 4.69) is 60.9 Å². The van der Waals surface area contributed by atoms with Gasteiger partial charge in [-0.1, -0.05) is 42.0 Å². The maximum absolute atomic E-state index is 9.65. The van der Waals surface area contributed by atoms with Crippen molar-refractivity contribution in [2.45, 2.75) is 13.8 Å². The van der Waals surface area contributed by atoms with Crippen molar-refractivity contribution < 1.29 is 8.98 Å². The summed E-state index contributed by atoms with van der Waals surface area (Å²) in [5, 5.41) is 11.7. The summed E-state index contributed by atoms with van der Waals surface area (Å²) in [6, 6.07) is 25.0. The summed E-state index contributed by atoms with van der Waals surface area (Å²) in [7, 11) is 2.04. The van der Waals surface area contributed by atoms with Gasteiger partial charge in [0.15, 0.2) is 11.8 Å². The SMILES string of the molecule is Cc1ccc(-c2cc(C)c(-c3cccc[n+]3C)c3oc4c(C#N)cccc4c23)cc1. The van der Waals surface area contributed by atoms with Crippen molar-refractivity contribution in [1.29, 1.82) is 5.26 Å². The molecule has 144 valence electrons. The van der Waals surface area contributed by atoms with E-state index < -0.39 is 0 Å². The molecule has 0 aliphatic rings. The van der Waals surface area contributed by atoms with Crippen molar-refractivity contribution in [1.82, 2.24) is 0 Å². The molecule has 2 heterocycles. The van der Waals surface area contributed by atoms with Crippen LogP contribution in [0.5, 0.6) is 0 Å². The molecule has 0 saturated carbocycles. The molecule has 0 aliphatic carbocycles. The molecule has 0 amide bonds. The highest BCUT2D eigenvalue weighted by molar-refractivity contribution is 6.17. The third-order valence-electron chi connectivity index (χ3n) is 5.76. The van der Waals surface area contributed by atoms with Gasteiger partial charge in [-0.05, 0) is 48.7 Å². The third kappa shape index (κ3) is 2.69. The number of rotatable bonds is 2. The summed E-state index contributed by atoms with van der Waals surface area (Å²) in [4.78, 5) is 0. The molecule has 0 aliphatic heterocycles. The number of pyridine rings is 1. The van der Waals surface area contributed by atoms with E-state index in [0.29, 0.717) is 11.1 Å². The van der Waals surface area contributed by atoms with Gasteiger partial charge in [0, 0.05) is 22.9 Å². The fourth-order valence-electron chi connectivity index (χ4n) is 4.25. The van der Waals surface area contributed by atoms with Crippen LogP contribution < -0.4 is 4.57 Å². The number of benzene rings is 3. The first kappa shape index (κ1) is 18.1. The van der Waals surface area contributed by atoms with Crippen LogP contribution in [-0.2, 0) is 7.05 Å². The largest absolute Gasteiger partial charge is 0.454 e. The summed E-state index contributed by atoms with van der Waals surface area (Å²) < 4.78 is 8.55.